The van der Waals surface area contributed by atoms with Gasteiger partial charge in [-0.25, -0.2) is 4.79 Å². The Hall–Kier alpha value is -0.920. The standard InChI is InChI=1S/C23H42O6S/c1-6-20(7-2)17-19(5)14-16-28-22(24)23(30(25,26)27,15-13-18(3)4)29-21-11-9-8-10-12-21/h18,20-21H,5-17H2,1-4H3,(H,25,26,27). The Morgan fingerprint density at radius 1 is 1.17 bits per heavy atom. The van der Waals surface area contributed by atoms with Gasteiger partial charge in [0.25, 0.3) is 4.93 Å². The maximum absolute atomic E-state index is 13.0. The van der Waals surface area contributed by atoms with Gasteiger partial charge in [0, 0.05) is 12.8 Å². The minimum absolute atomic E-state index is 0.0325. The Bertz CT molecular complexity index is 632. The smallest absolute Gasteiger partial charge is 0.357 e. The van der Waals surface area contributed by atoms with E-state index < -0.39 is 21.0 Å². The lowest BCUT2D eigenvalue weighted by Crippen LogP contribution is -2.52. The summed E-state index contributed by atoms with van der Waals surface area (Å²) in [6.45, 7) is 12.2. The highest BCUT2D eigenvalue weighted by atomic mass is 32.2. The third kappa shape index (κ3) is 8.31. The van der Waals surface area contributed by atoms with Gasteiger partial charge in [-0.2, -0.15) is 8.42 Å². The largest absolute Gasteiger partial charge is 0.462 e. The lowest BCUT2D eigenvalue weighted by Gasteiger charge is -2.34. The van der Waals surface area contributed by atoms with E-state index in [1.807, 2.05) is 13.8 Å². The molecule has 0 aromatic heterocycles. The van der Waals surface area contributed by atoms with E-state index in [-0.39, 0.29) is 25.0 Å². The number of carbonyl (C=O) groups excluding carboxylic acids is 1. The van der Waals surface area contributed by atoms with Crippen LogP contribution in [0.2, 0.25) is 0 Å². The molecule has 0 spiro atoms. The predicted octanol–water partition coefficient (Wildman–Crippen LogP) is 5.67. The van der Waals surface area contributed by atoms with E-state index in [0.717, 1.165) is 44.1 Å². The van der Waals surface area contributed by atoms with Gasteiger partial charge in [0.05, 0.1) is 12.7 Å². The van der Waals surface area contributed by atoms with Gasteiger partial charge in [-0.3, -0.25) is 4.55 Å². The number of rotatable bonds is 14. The van der Waals surface area contributed by atoms with Gasteiger partial charge in [0.2, 0.25) is 0 Å². The molecule has 7 heteroatoms. The summed E-state index contributed by atoms with van der Waals surface area (Å²) in [5.41, 5.74) is 0.976. The molecule has 0 heterocycles. The second kappa shape index (κ2) is 12.8. The SMILES string of the molecule is C=C(CCOC(=O)C(CCC(C)C)(OC1CCCCC1)S(=O)(=O)O)CC(CC)CC. The first-order valence-electron chi connectivity index (χ1n) is 11.5. The predicted molar refractivity (Wildman–Crippen MR) is 120 cm³/mol. The highest BCUT2D eigenvalue weighted by Crippen LogP contribution is 2.34. The molecule has 1 rings (SSSR count). The monoisotopic (exact) mass is 446 g/mol. The van der Waals surface area contributed by atoms with E-state index in [9.17, 15) is 17.8 Å². The highest BCUT2D eigenvalue weighted by molar-refractivity contribution is 7.87. The summed E-state index contributed by atoms with van der Waals surface area (Å²) < 4.78 is 46.1. The van der Waals surface area contributed by atoms with Crippen molar-refractivity contribution in [3.05, 3.63) is 12.2 Å². The number of hydrogen-bond acceptors (Lipinski definition) is 5. The van der Waals surface area contributed by atoms with E-state index in [1.54, 1.807) is 0 Å². The van der Waals surface area contributed by atoms with Gasteiger partial charge in [0.1, 0.15) is 0 Å². The minimum atomic E-state index is -4.82. The molecule has 0 amide bonds. The molecule has 0 aromatic rings. The summed E-state index contributed by atoms with van der Waals surface area (Å²) in [7, 11) is -4.82. The van der Waals surface area contributed by atoms with Crippen molar-refractivity contribution >= 4 is 16.1 Å². The molecule has 0 saturated heterocycles. The Morgan fingerprint density at radius 2 is 1.77 bits per heavy atom. The molecule has 1 aliphatic carbocycles. The first-order chi connectivity index (χ1) is 14.1. The van der Waals surface area contributed by atoms with Crippen molar-refractivity contribution < 1.29 is 27.2 Å². The summed E-state index contributed by atoms with van der Waals surface area (Å²) in [6, 6.07) is 0. The number of esters is 1. The van der Waals surface area contributed by atoms with Crippen molar-refractivity contribution in [1.29, 1.82) is 0 Å². The third-order valence-electron chi connectivity index (χ3n) is 6.11. The lowest BCUT2D eigenvalue weighted by atomic mass is 9.94. The second-order valence-electron chi connectivity index (χ2n) is 9.06. The number of ether oxygens (including phenoxy) is 2. The van der Waals surface area contributed by atoms with Gasteiger partial charge < -0.3 is 9.47 Å². The molecule has 1 aliphatic rings. The molecule has 176 valence electrons. The molecule has 1 atom stereocenters. The highest BCUT2D eigenvalue weighted by Gasteiger charge is 2.54. The van der Waals surface area contributed by atoms with Crippen LogP contribution in [-0.4, -0.2) is 36.6 Å². The van der Waals surface area contributed by atoms with Gasteiger partial charge in [-0.15, -0.1) is 0 Å². The van der Waals surface area contributed by atoms with Crippen LogP contribution in [-0.2, 0) is 24.4 Å². The fraction of sp³-hybridized carbons (Fsp3) is 0.870. The summed E-state index contributed by atoms with van der Waals surface area (Å²) >= 11 is 0. The minimum Gasteiger partial charge on any atom is -0.462 e. The van der Waals surface area contributed by atoms with Crippen LogP contribution in [0, 0.1) is 11.8 Å². The first-order valence-corrected chi connectivity index (χ1v) is 13.0. The molecular formula is C23H42O6S. The molecule has 1 N–H and O–H groups in total. The molecule has 30 heavy (non-hydrogen) atoms. The van der Waals surface area contributed by atoms with Crippen molar-refractivity contribution in [3.8, 4) is 0 Å². The van der Waals surface area contributed by atoms with Gasteiger partial charge >= 0.3 is 16.1 Å². The summed E-state index contributed by atoms with van der Waals surface area (Å²) in [6.07, 6.45) is 7.64. The lowest BCUT2D eigenvalue weighted by molar-refractivity contribution is -0.170. The molecule has 0 aromatic carbocycles. The van der Waals surface area contributed by atoms with Crippen LogP contribution in [0.25, 0.3) is 0 Å². The molecule has 1 fully saturated rings. The zero-order valence-electron chi connectivity index (χ0n) is 19.3. The van der Waals surface area contributed by atoms with Crippen LogP contribution >= 0.6 is 0 Å². The number of carbonyl (C=O) groups is 1. The van der Waals surface area contributed by atoms with Crippen LogP contribution < -0.4 is 0 Å². The Balaban J connectivity index is 2.90. The van der Waals surface area contributed by atoms with E-state index in [0.29, 0.717) is 31.6 Å². The second-order valence-corrected chi connectivity index (χ2v) is 10.7. The van der Waals surface area contributed by atoms with E-state index in [4.69, 9.17) is 9.47 Å². The van der Waals surface area contributed by atoms with Gasteiger partial charge in [-0.05, 0) is 37.5 Å². The third-order valence-corrected chi connectivity index (χ3v) is 7.41. The summed E-state index contributed by atoms with van der Waals surface area (Å²) in [4.78, 5) is 10.6. The maximum Gasteiger partial charge on any atom is 0.357 e. The maximum atomic E-state index is 13.0. The average Bonchev–Trinajstić information content (AvgIpc) is 2.68. The molecule has 0 bridgehead atoms. The number of hydrogen-bond donors (Lipinski definition) is 1. The van der Waals surface area contributed by atoms with Crippen LogP contribution in [0.15, 0.2) is 12.2 Å². The normalized spacial score (nSPS) is 17.8. The summed E-state index contributed by atoms with van der Waals surface area (Å²) in [5.74, 6) is -0.314. The average molecular weight is 447 g/mol. The first kappa shape index (κ1) is 27.1. The fourth-order valence-electron chi connectivity index (χ4n) is 3.92. The molecular weight excluding hydrogens is 404 g/mol. The van der Waals surface area contributed by atoms with Crippen molar-refractivity contribution in [2.75, 3.05) is 6.61 Å². The van der Waals surface area contributed by atoms with E-state index >= 15 is 0 Å². The zero-order valence-corrected chi connectivity index (χ0v) is 20.1. The van der Waals surface area contributed by atoms with Crippen LogP contribution in [0.1, 0.15) is 98.3 Å². The van der Waals surface area contributed by atoms with Crippen LogP contribution in [0.5, 0.6) is 0 Å². The van der Waals surface area contributed by atoms with E-state index in [1.165, 1.54) is 0 Å². The van der Waals surface area contributed by atoms with Crippen molar-refractivity contribution in [2.24, 2.45) is 11.8 Å². The molecule has 0 radical (unpaired) electrons. The zero-order chi connectivity index (χ0) is 22.8. The quantitative estimate of drug-likeness (QED) is 0.210. The summed E-state index contributed by atoms with van der Waals surface area (Å²) in [5, 5.41) is 0. The van der Waals surface area contributed by atoms with E-state index in [2.05, 4.69) is 20.4 Å². The molecule has 1 unspecified atom stereocenters. The Labute approximate surface area is 183 Å². The van der Waals surface area contributed by atoms with Gasteiger partial charge in [0.15, 0.2) is 0 Å². The van der Waals surface area contributed by atoms with Crippen molar-refractivity contribution in [1.82, 2.24) is 0 Å². The van der Waals surface area contributed by atoms with Crippen LogP contribution in [0.4, 0.5) is 0 Å². The molecule has 6 nitrogen and oxygen atoms in total. The Morgan fingerprint density at radius 3 is 2.27 bits per heavy atom. The topological polar surface area (TPSA) is 89.9 Å². The van der Waals surface area contributed by atoms with Gasteiger partial charge in [-0.1, -0.05) is 72.0 Å². The Kier molecular flexibility index (Phi) is 11.6. The molecule has 1 saturated carbocycles. The molecule has 0 aliphatic heterocycles. The van der Waals surface area contributed by atoms with Crippen molar-refractivity contribution in [2.45, 2.75) is 109 Å². The van der Waals surface area contributed by atoms with Crippen molar-refractivity contribution in [3.63, 3.8) is 0 Å². The fourth-order valence-corrected chi connectivity index (χ4v) is 4.82. The van der Waals surface area contributed by atoms with Crippen LogP contribution in [0.3, 0.4) is 0 Å².